The van der Waals surface area contributed by atoms with Gasteiger partial charge in [-0.25, -0.2) is 4.79 Å². The van der Waals surface area contributed by atoms with Crippen molar-refractivity contribution >= 4 is 23.2 Å². The predicted molar refractivity (Wildman–Crippen MR) is 114 cm³/mol. The first-order chi connectivity index (χ1) is 13.2. The smallest absolute Gasteiger partial charge is 0.320 e. The average molecular weight is 400 g/mol. The molecule has 3 rings (SSSR count). The third-order valence-corrected chi connectivity index (χ3v) is 5.33. The molecule has 2 amide bonds. The van der Waals surface area contributed by atoms with Crippen LogP contribution in [-0.4, -0.2) is 47.5 Å². The normalized spacial score (nSPS) is 15.5. The molecule has 1 aromatic heterocycles. The number of nitrogens with one attached hydrogen (secondary N) is 1. The van der Waals surface area contributed by atoms with Crippen LogP contribution in [0, 0.1) is 0 Å². The van der Waals surface area contributed by atoms with Crippen LogP contribution in [0.5, 0.6) is 0 Å². The van der Waals surface area contributed by atoms with Crippen LogP contribution in [0.2, 0.25) is 5.02 Å². The Morgan fingerprint density at radius 2 is 1.79 bits per heavy atom. The van der Waals surface area contributed by atoms with E-state index < -0.39 is 0 Å². The van der Waals surface area contributed by atoms with E-state index in [1.807, 2.05) is 6.08 Å². The van der Waals surface area contributed by atoms with Gasteiger partial charge < -0.3 is 14.8 Å². The Hall–Kier alpha value is -2.53. The molecule has 28 heavy (non-hydrogen) atoms. The first-order valence-electron chi connectivity index (χ1n) is 9.37. The number of carbonyl (C=O) groups excluding carboxylic acids is 1. The van der Waals surface area contributed by atoms with Crippen LogP contribution in [0.15, 0.2) is 47.3 Å². The topological polar surface area (TPSA) is 56.4 Å². The van der Waals surface area contributed by atoms with Gasteiger partial charge in [0, 0.05) is 37.9 Å². The van der Waals surface area contributed by atoms with Gasteiger partial charge in [-0.2, -0.15) is 0 Å². The van der Waals surface area contributed by atoms with Crippen molar-refractivity contribution < 1.29 is 4.79 Å². The fourth-order valence-electron chi connectivity index (χ4n) is 3.22. The number of hydrogen-bond donors (Lipinski definition) is 1. The van der Waals surface area contributed by atoms with Crippen molar-refractivity contribution in [1.29, 1.82) is 0 Å². The number of pyridine rings is 1. The van der Waals surface area contributed by atoms with Gasteiger partial charge in [0.2, 0.25) is 0 Å². The second-order valence-electron chi connectivity index (χ2n) is 8.14. The maximum Gasteiger partial charge on any atom is 0.320 e. The summed E-state index contributed by atoms with van der Waals surface area (Å²) in [7, 11) is 1.80. The number of rotatable bonds is 4. The Bertz CT molecular complexity index is 955. The maximum absolute atomic E-state index is 12.2. The molecule has 0 bridgehead atoms. The van der Waals surface area contributed by atoms with Gasteiger partial charge in [-0.1, -0.05) is 62.7 Å². The number of H-pyrrole nitrogens is 1. The van der Waals surface area contributed by atoms with Gasteiger partial charge in [0.1, 0.15) is 5.02 Å². The number of likely N-dealkylation sites (N-methyl/N-ethyl adjacent to an activating group) is 1. The summed E-state index contributed by atoms with van der Waals surface area (Å²) in [5, 5.41) is 0.155. The van der Waals surface area contributed by atoms with Gasteiger partial charge in [-0.05, 0) is 28.7 Å². The van der Waals surface area contributed by atoms with E-state index in [2.05, 4.69) is 50.0 Å². The number of carbonyl (C=O) groups is 1. The quantitative estimate of drug-likeness (QED) is 0.840. The maximum atomic E-state index is 12.2. The molecule has 0 atom stereocenters. The molecule has 2 aromatic rings. The summed E-state index contributed by atoms with van der Waals surface area (Å²) in [5.74, 6) is 0. The lowest BCUT2D eigenvalue weighted by molar-refractivity contribution is 0.202. The van der Waals surface area contributed by atoms with Crippen molar-refractivity contribution in [2.75, 3.05) is 26.7 Å². The van der Waals surface area contributed by atoms with Crippen LogP contribution in [0.1, 0.15) is 37.6 Å². The first-order valence-corrected chi connectivity index (χ1v) is 9.75. The van der Waals surface area contributed by atoms with E-state index >= 15 is 0 Å². The minimum Gasteiger partial charge on any atom is -0.326 e. The second-order valence-corrected chi connectivity index (χ2v) is 8.55. The van der Waals surface area contributed by atoms with Crippen LogP contribution in [0.25, 0.3) is 5.57 Å². The monoisotopic (exact) mass is 399 g/mol. The van der Waals surface area contributed by atoms with E-state index in [1.54, 1.807) is 29.0 Å². The Labute approximate surface area is 170 Å². The molecule has 0 aliphatic carbocycles. The van der Waals surface area contributed by atoms with Crippen LogP contribution in [0.4, 0.5) is 4.79 Å². The van der Waals surface area contributed by atoms with Crippen molar-refractivity contribution in [3.63, 3.8) is 0 Å². The highest BCUT2D eigenvalue weighted by molar-refractivity contribution is 6.30. The highest BCUT2D eigenvalue weighted by Crippen LogP contribution is 2.27. The van der Waals surface area contributed by atoms with E-state index in [1.165, 1.54) is 5.56 Å². The number of hydrogen-bond acceptors (Lipinski definition) is 2. The minimum atomic E-state index is -0.326. The van der Waals surface area contributed by atoms with Gasteiger partial charge >= 0.3 is 6.03 Å². The summed E-state index contributed by atoms with van der Waals surface area (Å²) >= 11 is 5.90. The van der Waals surface area contributed by atoms with Gasteiger partial charge in [0.25, 0.3) is 5.56 Å². The molecule has 148 valence electrons. The summed E-state index contributed by atoms with van der Waals surface area (Å²) in [6, 6.07) is 11.7. The zero-order valence-electron chi connectivity index (χ0n) is 16.8. The summed E-state index contributed by atoms with van der Waals surface area (Å²) in [4.78, 5) is 30.6. The number of halogens is 1. The molecule has 0 radical (unpaired) electrons. The number of amides is 2. The van der Waals surface area contributed by atoms with E-state index in [4.69, 9.17) is 11.6 Å². The Kier molecular flexibility index (Phi) is 5.66. The summed E-state index contributed by atoms with van der Waals surface area (Å²) in [6.45, 7) is 8.41. The molecule has 6 heteroatoms. The molecular formula is C22H26ClN3O2. The molecule has 1 aromatic carbocycles. The average Bonchev–Trinajstić information content (AvgIpc) is 2.96. The lowest BCUT2D eigenvalue weighted by Gasteiger charge is -2.20. The van der Waals surface area contributed by atoms with E-state index in [0.717, 1.165) is 17.7 Å². The SMILES string of the molecule is CN1CCN(C/C=C(\c2ccc(C(C)(C)C)cc2)c2ccc(Cl)c(=O)[nH]2)C1=O. The number of aromatic amines is 1. The Balaban J connectivity index is 1.99. The van der Waals surface area contributed by atoms with Gasteiger partial charge in [0.05, 0.1) is 0 Å². The van der Waals surface area contributed by atoms with E-state index in [0.29, 0.717) is 18.8 Å². The fraction of sp³-hybridized carbons (Fsp3) is 0.364. The molecule has 1 N–H and O–H groups in total. The van der Waals surface area contributed by atoms with Crippen molar-refractivity contribution in [3.05, 3.63) is 74.7 Å². The van der Waals surface area contributed by atoms with E-state index in [9.17, 15) is 9.59 Å². The number of benzene rings is 1. The summed E-state index contributed by atoms with van der Waals surface area (Å²) in [5.41, 5.74) is 3.49. The molecule has 1 saturated heterocycles. The van der Waals surface area contributed by atoms with Crippen molar-refractivity contribution in [1.82, 2.24) is 14.8 Å². The van der Waals surface area contributed by atoms with Gasteiger partial charge in [0.15, 0.2) is 0 Å². The number of nitrogens with zero attached hydrogens (tertiary/aromatic N) is 2. The zero-order valence-corrected chi connectivity index (χ0v) is 17.5. The summed E-state index contributed by atoms with van der Waals surface area (Å²) in [6.07, 6.45) is 1.99. The molecule has 1 aliphatic rings. The highest BCUT2D eigenvalue weighted by Gasteiger charge is 2.24. The third-order valence-electron chi connectivity index (χ3n) is 5.03. The molecule has 5 nitrogen and oxygen atoms in total. The third kappa shape index (κ3) is 4.30. The summed E-state index contributed by atoms with van der Waals surface area (Å²) < 4.78 is 0. The standard InChI is InChI=1S/C22H26ClN3O2/c1-22(2,3)16-7-5-15(6-8-16)17(19-10-9-18(23)20(27)24-19)11-12-26-14-13-25(4)21(26)28/h5-11H,12-14H2,1-4H3,(H,24,27)/b17-11+. The molecule has 1 fully saturated rings. The lowest BCUT2D eigenvalue weighted by Crippen LogP contribution is -2.29. The minimum absolute atomic E-state index is 0.0169. The Morgan fingerprint density at radius 3 is 2.32 bits per heavy atom. The first kappa shape index (κ1) is 20.2. The number of aromatic nitrogens is 1. The second kappa shape index (κ2) is 7.84. The fourth-order valence-corrected chi connectivity index (χ4v) is 3.33. The van der Waals surface area contributed by atoms with Crippen LogP contribution in [-0.2, 0) is 5.41 Å². The number of urea groups is 1. The van der Waals surface area contributed by atoms with Crippen LogP contribution >= 0.6 is 11.6 Å². The Morgan fingerprint density at radius 1 is 1.11 bits per heavy atom. The van der Waals surface area contributed by atoms with E-state index in [-0.39, 0.29) is 22.0 Å². The van der Waals surface area contributed by atoms with Crippen molar-refractivity contribution in [3.8, 4) is 0 Å². The predicted octanol–water partition coefficient (Wildman–Crippen LogP) is 4.12. The molecule has 1 aliphatic heterocycles. The largest absolute Gasteiger partial charge is 0.326 e. The van der Waals surface area contributed by atoms with Crippen molar-refractivity contribution in [2.45, 2.75) is 26.2 Å². The molecule has 0 saturated carbocycles. The van der Waals surface area contributed by atoms with Crippen LogP contribution < -0.4 is 5.56 Å². The van der Waals surface area contributed by atoms with Crippen LogP contribution in [0.3, 0.4) is 0 Å². The molecule has 0 spiro atoms. The molecular weight excluding hydrogens is 374 g/mol. The molecule has 2 heterocycles. The van der Waals surface area contributed by atoms with Crippen molar-refractivity contribution in [2.24, 2.45) is 0 Å². The van der Waals surface area contributed by atoms with Gasteiger partial charge in [-0.3, -0.25) is 4.79 Å². The molecule has 0 unspecified atom stereocenters. The zero-order chi connectivity index (χ0) is 20.5. The highest BCUT2D eigenvalue weighted by atomic mass is 35.5. The lowest BCUT2D eigenvalue weighted by atomic mass is 9.86. The van der Waals surface area contributed by atoms with Gasteiger partial charge in [-0.15, -0.1) is 0 Å².